The Labute approximate surface area is 157 Å². The molecule has 0 aromatic heterocycles. The van der Waals surface area contributed by atoms with Crippen LogP contribution >= 0.6 is 23.2 Å². The van der Waals surface area contributed by atoms with E-state index in [4.69, 9.17) is 32.7 Å². The first-order valence-electron chi connectivity index (χ1n) is 8.05. The molecule has 0 aliphatic heterocycles. The summed E-state index contributed by atoms with van der Waals surface area (Å²) < 4.78 is 11.6. The van der Waals surface area contributed by atoms with Gasteiger partial charge in [-0.15, -0.1) is 0 Å². The van der Waals surface area contributed by atoms with E-state index in [0.717, 1.165) is 17.9 Å². The van der Waals surface area contributed by atoms with Crippen LogP contribution in [0.5, 0.6) is 11.5 Å². The molecule has 0 saturated heterocycles. The van der Waals surface area contributed by atoms with Crippen LogP contribution in [-0.4, -0.2) is 20.3 Å². The van der Waals surface area contributed by atoms with Gasteiger partial charge in [0.25, 0.3) is 0 Å². The molecule has 0 spiro atoms. The molecule has 0 fully saturated rings. The van der Waals surface area contributed by atoms with Gasteiger partial charge in [-0.25, -0.2) is 0 Å². The van der Waals surface area contributed by atoms with Crippen LogP contribution in [0.3, 0.4) is 0 Å². The Morgan fingerprint density at radius 1 is 0.880 bits per heavy atom. The molecule has 0 saturated carbocycles. The molecule has 25 heavy (non-hydrogen) atoms. The van der Waals surface area contributed by atoms with Gasteiger partial charge in [0.05, 0.1) is 5.02 Å². The highest BCUT2D eigenvalue weighted by Gasteiger charge is 2.09. The summed E-state index contributed by atoms with van der Waals surface area (Å²) >= 11 is 12.1. The van der Waals surface area contributed by atoms with Crippen molar-refractivity contribution in [3.8, 4) is 11.5 Å². The molecule has 3 aromatic carbocycles. The van der Waals surface area contributed by atoms with Gasteiger partial charge in [-0.05, 0) is 36.0 Å². The zero-order valence-corrected chi connectivity index (χ0v) is 15.4. The zero-order chi connectivity index (χ0) is 17.6. The first-order chi connectivity index (χ1) is 12.2. The van der Waals surface area contributed by atoms with E-state index in [1.807, 2.05) is 25.2 Å². The fraction of sp³-hybridized carbons (Fsp3) is 0.200. The lowest BCUT2D eigenvalue weighted by Crippen LogP contribution is -2.12. The molecule has 5 heteroatoms. The molecule has 0 amide bonds. The van der Waals surface area contributed by atoms with Crippen molar-refractivity contribution >= 4 is 34.0 Å². The molecular formula is C20H19Cl2NO2. The van der Waals surface area contributed by atoms with Crippen molar-refractivity contribution in [2.24, 2.45) is 0 Å². The van der Waals surface area contributed by atoms with Crippen LogP contribution in [0.15, 0.2) is 54.6 Å². The predicted molar refractivity (Wildman–Crippen MR) is 104 cm³/mol. The third-order valence-electron chi connectivity index (χ3n) is 3.84. The maximum absolute atomic E-state index is 6.09. The molecule has 3 nitrogen and oxygen atoms in total. The van der Waals surface area contributed by atoms with Gasteiger partial charge in [-0.1, -0.05) is 53.5 Å². The Hall–Kier alpha value is -1.94. The monoisotopic (exact) mass is 375 g/mol. The lowest BCUT2D eigenvalue weighted by Gasteiger charge is -2.15. The molecule has 0 aliphatic carbocycles. The lowest BCUT2D eigenvalue weighted by atomic mass is 10.0. The first-order valence-corrected chi connectivity index (χ1v) is 8.80. The number of nitrogens with one attached hydrogen (secondary N) is 1. The summed E-state index contributed by atoms with van der Waals surface area (Å²) in [5.41, 5.74) is 1.14. The quantitative estimate of drug-likeness (QED) is 0.566. The molecule has 0 atom stereocenters. The van der Waals surface area contributed by atoms with E-state index >= 15 is 0 Å². The van der Waals surface area contributed by atoms with Crippen LogP contribution < -0.4 is 14.8 Å². The van der Waals surface area contributed by atoms with Crippen LogP contribution in [0.4, 0.5) is 0 Å². The van der Waals surface area contributed by atoms with E-state index in [0.29, 0.717) is 29.0 Å². The maximum Gasteiger partial charge on any atom is 0.139 e. The van der Waals surface area contributed by atoms with E-state index in [1.165, 1.54) is 10.8 Å². The second-order valence-corrected chi connectivity index (χ2v) is 6.41. The molecule has 1 N–H and O–H groups in total. The predicted octanol–water partition coefficient (Wildman–Crippen LogP) is 5.32. The largest absolute Gasteiger partial charge is 0.490 e. The van der Waals surface area contributed by atoms with E-state index in [9.17, 15) is 0 Å². The van der Waals surface area contributed by atoms with Gasteiger partial charge < -0.3 is 14.8 Å². The minimum absolute atomic E-state index is 0.381. The van der Waals surface area contributed by atoms with Gasteiger partial charge in [-0.3, -0.25) is 0 Å². The van der Waals surface area contributed by atoms with Gasteiger partial charge in [0, 0.05) is 23.2 Å². The number of benzene rings is 3. The average molecular weight is 376 g/mol. The van der Waals surface area contributed by atoms with Crippen molar-refractivity contribution in [1.82, 2.24) is 5.32 Å². The molecule has 0 unspecified atom stereocenters. The van der Waals surface area contributed by atoms with Crippen molar-refractivity contribution < 1.29 is 9.47 Å². The standard InChI is InChI=1S/C20H19Cl2NO2/c1-23-13-17-16-5-3-2-4-14(16)6-9-19(17)24-10-11-25-20-12-15(21)7-8-18(20)22/h2-9,12,23H,10-11,13H2,1H3. The van der Waals surface area contributed by atoms with Crippen LogP contribution in [0.1, 0.15) is 5.56 Å². The molecule has 0 aliphatic rings. The molecule has 3 rings (SSSR count). The Kier molecular flexibility index (Phi) is 6.03. The third-order valence-corrected chi connectivity index (χ3v) is 4.39. The normalized spacial score (nSPS) is 10.8. The number of halogens is 2. The Morgan fingerprint density at radius 3 is 2.44 bits per heavy atom. The van der Waals surface area contributed by atoms with Crippen molar-refractivity contribution in [3.05, 3.63) is 70.2 Å². The van der Waals surface area contributed by atoms with Crippen molar-refractivity contribution in [1.29, 1.82) is 0 Å². The summed E-state index contributed by atoms with van der Waals surface area (Å²) in [6.07, 6.45) is 0. The summed E-state index contributed by atoms with van der Waals surface area (Å²) in [5, 5.41) is 6.71. The van der Waals surface area contributed by atoms with Crippen LogP contribution in [0, 0.1) is 0 Å². The number of rotatable bonds is 7. The highest BCUT2D eigenvalue weighted by Crippen LogP contribution is 2.29. The van der Waals surface area contributed by atoms with Gasteiger partial charge in [0.2, 0.25) is 0 Å². The SMILES string of the molecule is CNCc1c(OCCOc2cc(Cl)ccc2Cl)ccc2ccccc12. The number of ether oxygens (including phenoxy) is 2. The van der Waals surface area contributed by atoms with Gasteiger partial charge in [0.15, 0.2) is 0 Å². The summed E-state index contributed by atoms with van der Waals surface area (Å²) in [7, 11) is 1.93. The van der Waals surface area contributed by atoms with E-state index in [1.54, 1.807) is 18.2 Å². The van der Waals surface area contributed by atoms with Crippen molar-refractivity contribution in [3.63, 3.8) is 0 Å². The topological polar surface area (TPSA) is 30.5 Å². The van der Waals surface area contributed by atoms with Crippen molar-refractivity contribution in [2.75, 3.05) is 20.3 Å². The summed E-state index contributed by atoms with van der Waals surface area (Å²) in [4.78, 5) is 0. The first kappa shape index (κ1) is 17.9. The zero-order valence-electron chi connectivity index (χ0n) is 13.9. The minimum atomic E-state index is 0.381. The smallest absolute Gasteiger partial charge is 0.139 e. The molecule has 3 aromatic rings. The van der Waals surface area contributed by atoms with E-state index < -0.39 is 0 Å². The second-order valence-electron chi connectivity index (χ2n) is 5.57. The number of fused-ring (bicyclic) bond motifs is 1. The summed E-state index contributed by atoms with van der Waals surface area (Å²) in [6, 6.07) is 17.5. The van der Waals surface area contributed by atoms with Crippen LogP contribution in [-0.2, 0) is 6.54 Å². The average Bonchev–Trinajstić information content (AvgIpc) is 2.63. The molecule has 130 valence electrons. The van der Waals surface area contributed by atoms with Crippen molar-refractivity contribution in [2.45, 2.75) is 6.54 Å². The highest BCUT2D eigenvalue weighted by atomic mass is 35.5. The molecule has 0 radical (unpaired) electrons. The fourth-order valence-electron chi connectivity index (χ4n) is 2.70. The minimum Gasteiger partial charge on any atom is -0.490 e. The molecule has 0 bridgehead atoms. The van der Waals surface area contributed by atoms with Gasteiger partial charge in [0.1, 0.15) is 24.7 Å². The summed E-state index contributed by atoms with van der Waals surface area (Å²) in [6.45, 7) is 1.53. The maximum atomic E-state index is 6.09. The highest BCUT2D eigenvalue weighted by molar-refractivity contribution is 6.34. The lowest BCUT2D eigenvalue weighted by molar-refractivity contribution is 0.216. The Bertz CT molecular complexity index is 867. The summed E-state index contributed by atoms with van der Waals surface area (Å²) in [5.74, 6) is 1.42. The van der Waals surface area contributed by atoms with Crippen LogP contribution in [0.2, 0.25) is 10.0 Å². The second kappa shape index (κ2) is 8.43. The Morgan fingerprint density at radius 2 is 1.64 bits per heavy atom. The molecule has 0 heterocycles. The van der Waals surface area contributed by atoms with E-state index in [2.05, 4.69) is 23.5 Å². The fourth-order valence-corrected chi connectivity index (χ4v) is 3.04. The van der Waals surface area contributed by atoms with Gasteiger partial charge >= 0.3 is 0 Å². The number of hydrogen-bond donors (Lipinski definition) is 1. The number of hydrogen-bond acceptors (Lipinski definition) is 3. The van der Waals surface area contributed by atoms with Gasteiger partial charge in [-0.2, -0.15) is 0 Å². The Balaban J connectivity index is 1.68. The molecular weight excluding hydrogens is 357 g/mol. The van der Waals surface area contributed by atoms with Crippen LogP contribution in [0.25, 0.3) is 10.8 Å². The third kappa shape index (κ3) is 4.37. The van der Waals surface area contributed by atoms with E-state index in [-0.39, 0.29) is 0 Å².